The van der Waals surface area contributed by atoms with E-state index in [2.05, 4.69) is 21.7 Å². The Kier molecular flexibility index (Phi) is 4.32. The molecule has 0 bridgehead atoms. The second-order valence-corrected chi connectivity index (χ2v) is 7.64. The van der Waals surface area contributed by atoms with Gasteiger partial charge in [-0.3, -0.25) is 4.79 Å². The Hall–Kier alpha value is -1.81. The summed E-state index contributed by atoms with van der Waals surface area (Å²) in [7, 11) is 1.48. The third-order valence-corrected chi connectivity index (χ3v) is 6.04. The lowest BCUT2D eigenvalue weighted by Gasteiger charge is -2.26. The molecule has 2 unspecified atom stereocenters. The average Bonchev–Trinajstić information content (AvgIpc) is 3.27. The van der Waals surface area contributed by atoms with Gasteiger partial charge < -0.3 is 9.72 Å². The number of methoxy groups -OCH3 is 1. The molecule has 1 N–H and O–H groups in total. The minimum atomic E-state index is -0.135. The number of nitrogens with one attached hydrogen (secondary N) is 1. The fourth-order valence-corrected chi connectivity index (χ4v) is 4.68. The lowest BCUT2D eigenvalue weighted by molar-refractivity contribution is -0.508. The summed E-state index contributed by atoms with van der Waals surface area (Å²) in [6.45, 7) is 4.13. The molecule has 5 heteroatoms. The van der Waals surface area contributed by atoms with E-state index in [1.54, 1.807) is 0 Å². The highest BCUT2D eigenvalue weighted by Crippen LogP contribution is 2.36. The van der Waals surface area contributed by atoms with Crippen LogP contribution in [0.15, 0.2) is 18.2 Å². The maximum atomic E-state index is 12.2. The van der Waals surface area contributed by atoms with Crippen molar-refractivity contribution in [3.63, 3.8) is 0 Å². The van der Waals surface area contributed by atoms with Crippen LogP contribution in [0.5, 0.6) is 0 Å². The number of H-pyrrole nitrogens is 1. The molecule has 0 radical (unpaired) electrons. The van der Waals surface area contributed by atoms with Crippen LogP contribution in [0.1, 0.15) is 37.4 Å². The van der Waals surface area contributed by atoms with Gasteiger partial charge in [-0.15, -0.1) is 0 Å². The number of benzene rings is 1. The third-order valence-electron chi connectivity index (χ3n) is 5.80. The summed E-state index contributed by atoms with van der Waals surface area (Å²) in [4.78, 5) is 15.8. The summed E-state index contributed by atoms with van der Waals surface area (Å²) in [6.07, 6.45) is 4.35. The minimum Gasteiger partial charge on any atom is -0.469 e. The fraction of sp³-hybridized carbons (Fsp3) is 0.500. The summed E-state index contributed by atoms with van der Waals surface area (Å²) < 4.78 is 7.51. The second-order valence-electron chi connectivity index (χ2n) is 7.20. The van der Waals surface area contributed by atoms with E-state index in [0.29, 0.717) is 0 Å². The van der Waals surface area contributed by atoms with Crippen LogP contribution in [0.25, 0.3) is 10.9 Å². The Morgan fingerprint density at radius 3 is 2.84 bits per heavy atom. The molecule has 1 aliphatic carbocycles. The predicted molar refractivity (Wildman–Crippen MR) is 99.6 cm³/mol. The molecule has 132 valence electrons. The van der Waals surface area contributed by atoms with Gasteiger partial charge in [-0.05, 0) is 36.6 Å². The van der Waals surface area contributed by atoms with Gasteiger partial charge in [-0.25, -0.2) is 4.58 Å². The van der Waals surface area contributed by atoms with Gasteiger partial charge in [-0.1, -0.05) is 18.5 Å². The van der Waals surface area contributed by atoms with Crippen LogP contribution < -0.4 is 0 Å². The number of esters is 1. The van der Waals surface area contributed by atoms with Gasteiger partial charge in [0.2, 0.25) is 5.71 Å². The zero-order valence-electron chi connectivity index (χ0n) is 14.8. The average molecular weight is 360 g/mol. The lowest BCUT2D eigenvalue weighted by atomic mass is 9.77. The van der Waals surface area contributed by atoms with E-state index in [0.717, 1.165) is 36.5 Å². The predicted octanol–water partition coefficient (Wildman–Crippen LogP) is 3.79. The zero-order chi connectivity index (χ0) is 17.6. The Bertz CT molecular complexity index is 860. The topological polar surface area (TPSA) is 45.1 Å². The lowest BCUT2D eigenvalue weighted by Crippen LogP contribution is -2.38. The number of hydrogen-bond acceptors (Lipinski definition) is 2. The quantitative estimate of drug-likeness (QED) is 0.655. The van der Waals surface area contributed by atoms with Gasteiger partial charge in [0.25, 0.3) is 0 Å². The van der Waals surface area contributed by atoms with E-state index >= 15 is 0 Å². The van der Waals surface area contributed by atoms with E-state index in [-0.39, 0.29) is 17.8 Å². The molecule has 1 aromatic carbocycles. The number of aromatic amines is 1. The standard InChI is InChI=1S/C20H23ClN2O2/c1-12(20(24)25-2)14-6-7-15-16-11-13(21)5-8-17(16)22-18(15)19(14)23-9-3-4-10-23/h5,8,11-12,14H,3-4,6-7,9-10H2,1-2H3/p+1. The summed E-state index contributed by atoms with van der Waals surface area (Å²) >= 11 is 6.23. The smallest absolute Gasteiger partial charge is 0.309 e. The van der Waals surface area contributed by atoms with Crippen molar-refractivity contribution in [2.45, 2.75) is 32.6 Å². The van der Waals surface area contributed by atoms with E-state index in [1.165, 1.54) is 42.3 Å². The van der Waals surface area contributed by atoms with E-state index < -0.39 is 0 Å². The molecule has 1 aliphatic heterocycles. The number of rotatable bonds is 2. The van der Waals surface area contributed by atoms with Crippen LogP contribution in [0, 0.1) is 11.8 Å². The normalized spacial score (nSPS) is 21.5. The largest absolute Gasteiger partial charge is 0.469 e. The number of aryl methyl sites for hydroxylation is 1. The Morgan fingerprint density at radius 1 is 1.36 bits per heavy atom. The number of halogens is 1. The number of carbonyl (C=O) groups is 1. The molecule has 1 aromatic heterocycles. The number of hydrogen-bond donors (Lipinski definition) is 1. The van der Waals surface area contributed by atoms with Crippen molar-refractivity contribution in [2.75, 3.05) is 20.2 Å². The number of ether oxygens (including phenoxy) is 1. The Balaban J connectivity index is 1.89. The van der Waals surface area contributed by atoms with Crippen molar-refractivity contribution >= 4 is 34.2 Å². The van der Waals surface area contributed by atoms with E-state index in [1.807, 2.05) is 13.0 Å². The molecule has 2 atom stereocenters. The highest BCUT2D eigenvalue weighted by Gasteiger charge is 2.41. The zero-order valence-corrected chi connectivity index (χ0v) is 15.5. The molecule has 25 heavy (non-hydrogen) atoms. The first-order valence-electron chi connectivity index (χ1n) is 9.10. The molecular formula is C20H24ClN2O2+. The summed E-state index contributed by atoms with van der Waals surface area (Å²) in [5.41, 5.74) is 4.96. The number of carbonyl (C=O) groups excluding carboxylic acids is 1. The highest BCUT2D eigenvalue weighted by atomic mass is 35.5. The van der Waals surface area contributed by atoms with Crippen LogP contribution in [0.4, 0.5) is 0 Å². The molecule has 1 fully saturated rings. The maximum Gasteiger partial charge on any atom is 0.309 e. The highest BCUT2D eigenvalue weighted by molar-refractivity contribution is 6.31. The van der Waals surface area contributed by atoms with Gasteiger partial charge in [-0.2, -0.15) is 0 Å². The summed E-state index contributed by atoms with van der Waals surface area (Å²) in [6, 6.07) is 6.03. The van der Waals surface area contributed by atoms with Crippen molar-refractivity contribution in [1.82, 2.24) is 4.98 Å². The molecule has 1 saturated heterocycles. The van der Waals surface area contributed by atoms with Gasteiger partial charge in [0.1, 0.15) is 18.8 Å². The molecular weight excluding hydrogens is 336 g/mol. The number of fused-ring (bicyclic) bond motifs is 3. The van der Waals surface area contributed by atoms with E-state index in [9.17, 15) is 4.79 Å². The van der Waals surface area contributed by atoms with Crippen molar-refractivity contribution < 1.29 is 14.1 Å². The maximum absolute atomic E-state index is 12.2. The first kappa shape index (κ1) is 16.6. The fourth-order valence-electron chi connectivity index (χ4n) is 4.51. The molecule has 2 aromatic rings. The monoisotopic (exact) mass is 359 g/mol. The number of nitrogens with zero attached hydrogens (tertiary/aromatic N) is 1. The van der Waals surface area contributed by atoms with Gasteiger partial charge in [0.15, 0.2) is 0 Å². The van der Waals surface area contributed by atoms with Gasteiger partial charge in [0, 0.05) is 28.8 Å². The van der Waals surface area contributed by atoms with Crippen molar-refractivity contribution in [2.24, 2.45) is 11.8 Å². The second kappa shape index (κ2) is 6.49. The van der Waals surface area contributed by atoms with Crippen molar-refractivity contribution in [1.29, 1.82) is 0 Å². The van der Waals surface area contributed by atoms with Crippen LogP contribution in [0.3, 0.4) is 0 Å². The first-order valence-corrected chi connectivity index (χ1v) is 9.48. The molecule has 0 spiro atoms. The van der Waals surface area contributed by atoms with Crippen LogP contribution in [-0.2, 0) is 16.0 Å². The third kappa shape index (κ3) is 2.77. The van der Waals surface area contributed by atoms with Crippen LogP contribution in [0.2, 0.25) is 5.02 Å². The molecule has 2 heterocycles. The van der Waals surface area contributed by atoms with Crippen LogP contribution in [-0.4, -0.2) is 41.4 Å². The Morgan fingerprint density at radius 2 is 2.12 bits per heavy atom. The molecule has 4 nitrogen and oxygen atoms in total. The minimum absolute atomic E-state index is 0.121. The Labute approximate surface area is 152 Å². The number of aromatic nitrogens is 1. The molecule has 2 aliphatic rings. The summed E-state index contributed by atoms with van der Waals surface area (Å²) in [5.74, 6) is -0.0605. The molecule has 4 rings (SSSR count). The van der Waals surface area contributed by atoms with E-state index in [4.69, 9.17) is 16.3 Å². The van der Waals surface area contributed by atoms with Crippen molar-refractivity contribution in [3.8, 4) is 0 Å². The van der Waals surface area contributed by atoms with Crippen molar-refractivity contribution in [3.05, 3.63) is 34.5 Å². The van der Waals surface area contributed by atoms with Crippen LogP contribution >= 0.6 is 11.6 Å². The molecule has 0 amide bonds. The van der Waals surface area contributed by atoms with Gasteiger partial charge in [0.05, 0.1) is 18.9 Å². The summed E-state index contributed by atoms with van der Waals surface area (Å²) in [5, 5.41) is 1.98. The molecule has 0 saturated carbocycles. The SMILES string of the molecule is COC(=O)C(C)C1CCc2c([nH]c3ccc(Cl)cc23)C1=[N+]1CCCC1. The van der Waals surface area contributed by atoms with Gasteiger partial charge >= 0.3 is 5.97 Å². The first-order chi connectivity index (χ1) is 12.1.